The number of rotatable bonds is 4. The van der Waals surface area contributed by atoms with Crippen LogP contribution in [0.2, 0.25) is 0 Å². The van der Waals surface area contributed by atoms with Crippen molar-refractivity contribution in [2.24, 2.45) is 0 Å². The average Bonchev–Trinajstić information content (AvgIpc) is 2.38. The lowest BCUT2D eigenvalue weighted by molar-refractivity contribution is -0.145. The highest BCUT2D eigenvalue weighted by molar-refractivity contribution is 5.90. The van der Waals surface area contributed by atoms with E-state index in [0.29, 0.717) is 12.0 Å². The molecular weight excluding hydrogens is 232 g/mol. The zero-order valence-corrected chi connectivity index (χ0v) is 9.78. The Labute approximate surface area is 104 Å². The van der Waals surface area contributed by atoms with Crippen LogP contribution < -0.4 is 0 Å². The minimum atomic E-state index is -1.08. The van der Waals surface area contributed by atoms with Gasteiger partial charge in [0, 0.05) is 30.4 Å². The molecule has 0 saturated carbocycles. The lowest BCUT2D eigenvalue weighted by atomic mass is 10.0. The quantitative estimate of drug-likeness (QED) is 0.826. The summed E-state index contributed by atoms with van der Waals surface area (Å²) in [5, 5.41) is 10.9. The molecule has 5 nitrogen and oxygen atoms in total. The number of carboxylic acids is 1. The number of amides is 1. The Morgan fingerprint density at radius 2 is 2.11 bits per heavy atom. The minimum Gasteiger partial charge on any atom is -0.479 e. The van der Waals surface area contributed by atoms with Crippen molar-refractivity contribution in [1.82, 2.24) is 9.88 Å². The number of aromatic nitrogens is 1. The molecule has 1 aromatic carbocycles. The fourth-order valence-electron chi connectivity index (χ4n) is 1.95. The van der Waals surface area contributed by atoms with Gasteiger partial charge in [0.2, 0.25) is 6.41 Å². The summed E-state index contributed by atoms with van der Waals surface area (Å²) >= 11 is 0. The largest absolute Gasteiger partial charge is 0.479 e. The number of likely N-dealkylation sites (N-methyl/N-ethyl adjacent to an activating group) is 1. The molecule has 1 N–H and O–H groups in total. The Morgan fingerprint density at radius 1 is 1.39 bits per heavy atom. The molecule has 0 aliphatic rings. The topological polar surface area (TPSA) is 70.5 Å². The maximum absolute atomic E-state index is 11.3. The van der Waals surface area contributed by atoms with Crippen molar-refractivity contribution in [2.45, 2.75) is 6.04 Å². The van der Waals surface area contributed by atoms with Gasteiger partial charge < -0.3 is 10.0 Å². The molecule has 18 heavy (non-hydrogen) atoms. The van der Waals surface area contributed by atoms with Crippen molar-refractivity contribution in [2.75, 3.05) is 7.05 Å². The van der Waals surface area contributed by atoms with E-state index in [2.05, 4.69) is 4.98 Å². The van der Waals surface area contributed by atoms with Crippen molar-refractivity contribution in [3.8, 4) is 0 Å². The molecule has 0 aliphatic carbocycles. The Kier molecular flexibility index (Phi) is 3.23. The van der Waals surface area contributed by atoms with Gasteiger partial charge in [0.1, 0.15) is 0 Å². The summed E-state index contributed by atoms with van der Waals surface area (Å²) in [5.74, 6) is -1.08. The van der Waals surface area contributed by atoms with Gasteiger partial charge in [-0.2, -0.15) is 0 Å². The molecule has 0 fully saturated rings. The van der Waals surface area contributed by atoms with Crippen molar-refractivity contribution >= 4 is 23.2 Å². The standard InChI is InChI=1S/C13H12N2O3/c1-15(8-16)12(13(17)18)11-7-14-6-9-4-2-3-5-10(9)11/h2-8,12H,1H3,(H,17,18). The predicted octanol–water partition coefficient (Wildman–Crippen LogP) is 1.45. The van der Waals surface area contributed by atoms with Gasteiger partial charge in [-0.25, -0.2) is 4.79 Å². The first-order valence-corrected chi connectivity index (χ1v) is 5.38. The number of carbonyl (C=O) groups excluding carboxylic acids is 1. The Hall–Kier alpha value is -2.43. The molecule has 2 aromatic rings. The number of aliphatic carboxylic acids is 1. The fourth-order valence-corrected chi connectivity index (χ4v) is 1.95. The maximum Gasteiger partial charge on any atom is 0.331 e. The molecule has 1 amide bonds. The van der Waals surface area contributed by atoms with E-state index in [0.717, 1.165) is 15.7 Å². The second-order valence-electron chi connectivity index (χ2n) is 3.96. The molecule has 0 radical (unpaired) electrons. The molecule has 1 unspecified atom stereocenters. The van der Waals surface area contributed by atoms with Crippen LogP contribution in [0.5, 0.6) is 0 Å². The number of hydrogen-bond donors (Lipinski definition) is 1. The van der Waals surface area contributed by atoms with Crippen LogP contribution in [-0.4, -0.2) is 34.4 Å². The third-order valence-electron chi connectivity index (χ3n) is 2.80. The van der Waals surface area contributed by atoms with E-state index in [4.69, 9.17) is 0 Å². The summed E-state index contributed by atoms with van der Waals surface area (Å²) in [4.78, 5) is 27.3. The van der Waals surface area contributed by atoms with Gasteiger partial charge in [-0.1, -0.05) is 24.3 Å². The van der Waals surface area contributed by atoms with E-state index in [-0.39, 0.29) is 0 Å². The van der Waals surface area contributed by atoms with Gasteiger partial charge in [0.25, 0.3) is 0 Å². The molecule has 0 saturated heterocycles. The van der Waals surface area contributed by atoms with E-state index < -0.39 is 12.0 Å². The minimum absolute atomic E-state index is 0.501. The lowest BCUT2D eigenvalue weighted by Gasteiger charge is -2.21. The van der Waals surface area contributed by atoms with Gasteiger partial charge in [0.05, 0.1) is 0 Å². The highest BCUT2D eigenvalue weighted by atomic mass is 16.4. The molecule has 1 heterocycles. The molecule has 2 rings (SSSR count). The van der Waals surface area contributed by atoms with Gasteiger partial charge in [-0.3, -0.25) is 9.78 Å². The van der Waals surface area contributed by atoms with Crippen LogP contribution in [0.25, 0.3) is 10.8 Å². The van der Waals surface area contributed by atoms with Crippen LogP contribution in [0.3, 0.4) is 0 Å². The molecule has 1 aromatic heterocycles. The Balaban J connectivity index is 2.64. The van der Waals surface area contributed by atoms with Crippen LogP contribution in [0.15, 0.2) is 36.7 Å². The van der Waals surface area contributed by atoms with E-state index in [1.54, 1.807) is 6.20 Å². The highest BCUT2D eigenvalue weighted by Crippen LogP contribution is 2.26. The summed E-state index contributed by atoms with van der Waals surface area (Å²) in [7, 11) is 1.44. The normalized spacial score (nSPS) is 12.1. The Bertz CT molecular complexity index is 592. The predicted molar refractivity (Wildman–Crippen MR) is 65.9 cm³/mol. The molecule has 5 heteroatoms. The zero-order valence-electron chi connectivity index (χ0n) is 9.78. The highest BCUT2D eigenvalue weighted by Gasteiger charge is 2.25. The SMILES string of the molecule is CN(C=O)C(C(=O)O)c1cncc2ccccc12. The van der Waals surface area contributed by atoms with E-state index in [9.17, 15) is 14.7 Å². The number of benzene rings is 1. The number of fused-ring (bicyclic) bond motifs is 1. The number of carboxylic acid groups (broad SMARTS) is 1. The molecule has 0 bridgehead atoms. The first kappa shape index (κ1) is 12.0. The van der Waals surface area contributed by atoms with E-state index >= 15 is 0 Å². The summed E-state index contributed by atoms with van der Waals surface area (Å²) in [6.07, 6.45) is 3.65. The van der Waals surface area contributed by atoms with Crippen LogP contribution in [0.1, 0.15) is 11.6 Å². The third-order valence-corrected chi connectivity index (χ3v) is 2.80. The van der Waals surface area contributed by atoms with Crippen molar-refractivity contribution in [3.05, 3.63) is 42.2 Å². The van der Waals surface area contributed by atoms with Crippen LogP contribution >= 0.6 is 0 Å². The number of nitrogens with zero attached hydrogens (tertiary/aromatic N) is 2. The molecule has 0 spiro atoms. The van der Waals surface area contributed by atoms with E-state index in [1.807, 2.05) is 24.3 Å². The van der Waals surface area contributed by atoms with Gasteiger partial charge in [0.15, 0.2) is 6.04 Å². The second-order valence-corrected chi connectivity index (χ2v) is 3.96. The summed E-state index contributed by atoms with van der Waals surface area (Å²) in [6, 6.07) is 6.33. The summed E-state index contributed by atoms with van der Waals surface area (Å²) < 4.78 is 0. The summed E-state index contributed by atoms with van der Waals surface area (Å²) in [5.41, 5.74) is 0.509. The Morgan fingerprint density at radius 3 is 2.78 bits per heavy atom. The second kappa shape index (κ2) is 4.83. The number of carbonyl (C=O) groups is 2. The zero-order chi connectivity index (χ0) is 13.1. The first-order chi connectivity index (χ1) is 8.65. The van der Waals surface area contributed by atoms with Crippen molar-refractivity contribution in [1.29, 1.82) is 0 Å². The molecule has 1 atom stereocenters. The smallest absolute Gasteiger partial charge is 0.331 e. The molecular formula is C13H12N2O3. The fraction of sp³-hybridized carbons (Fsp3) is 0.154. The van der Waals surface area contributed by atoms with Crippen LogP contribution in [-0.2, 0) is 9.59 Å². The van der Waals surface area contributed by atoms with Gasteiger partial charge in [-0.15, -0.1) is 0 Å². The van der Waals surface area contributed by atoms with E-state index in [1.165, 1.54) is 13.2 Å². The van der Waals surface area contributed by atoms with Crippen molar-refractivity contribution in [3.63, 3.8) is 0 Å². The first-order valence-electron chi connectivity index (χ1n) is 5.38. The average molecular weight is 244 g/mol. The summed E-state index contributed by atoms with van der Waals surface area (Å²) in [6.45, 7) is 0. The number of pyridine rings is 1. The van der Waals surface area contributed by atoms with Crippen LogP contribution in [0.4, 0.5) is 0 Å². The third kappa shape index (κ3) is 2.02. The van der Waals surface area contributed by atoms with Crippen molar-refractivity contribution < 1.29 is 14.7 Å². The maximum atomic E-state index is 11.3. The lowest BCUT2D eigenvalue weighted by Crippen LogP contribution is -2.29. The number of hydrogen-bond acceptors (Lipinski definition) is 3. The van der Waals surface area contributed by atoms with Gasteiger partial charge >= 0.3 is 5.97 Å². The van der Waals surface area contributed by atoms with Gasteiger partial charge in [-0.05, 0) is 5.39 Å². The monoisotopic (exact) mass is 244 g/mol. The van der Waals surface area contributed by atoms with Crippen LogP contribution in [0, 0.1) is 0 Å². The molecule has 92 valence electrons. The molecule has 0 aliphatic heterocycles.